The first-order valence-electron chi connectivity index (χ1n) is 6.66. The Hall–Kier alpha value is -1.59. The van der Waals surface area contributed by atoms with Gasteiger partial charge in [0.05, 0.1) is 6.42 Å². The van der Waals surface area contributed by atoms with E-state index in [2.05, 4.69) is 0 Å². The molecule has 6 heteroatoms. The fourth-order valence-electron chi connectivity index (χ4n) is 1.92. The van der Waals surface area contributed by atoms with Gasteiger partial charge < -0.3 is 10.8 Å². The Kier molecular flexibility index (Phi) is 5.75. The highest BCUT2D eigenvalue weighted by Crippen LogP contribution is 2.23. The Balaban J connectivity index is 2.93. The normalized spacial score (nSPS) is 11.7. The quantitative estimate of drug-likeness (QED) is 0.845. The van der Waals surface area contributed by atoms with E-state index in [0.717, 1.165) is 5.56 Å². The van der Waals surface area contributed by atoms with Gasteiger partial charge in [-0.05, 0) is 38.5 Å². The molecule has 1 amide bonds. The molecule has 0 aliphatic rings. The van der Waals surface area contributed by atoms with Gasteiger partial charge in [0.25, 0.3) is 0 Å². The first-order valence-corrected chi connectivity index (χ1v) is 7.04. The Morgan fingerprint density at radius 2 is 1.95 bits per heavy atom. The van der Waals surface area contributed by atoms with E-state index in [-0.39, 0.29) is 12.0 Å². The fraction of sp³-hybridized carbons (Fsp3) is 0.467. The number of benzene rings is 1. The van der Waals surface area contributed by atoms with E-state index in [1.54, 1.807) is 12.1 Å². The summed E-state index contributed by atoms with van der Waals surface area (Å²) in [5.74, 6) is -1.36. The monoisotopic (exact) mass is 312 g/mol. The lowest BCUT2D eigenvalue weighted by Gasteiger charge is -2.35. The number of carbonyl (C=O) groups excluding carboxylic acids is 1. The third-order valence-corrected chi connectivity index (χ3v) is 3.59. The predicted octanol–water partition coefficient (Wildman–Crippen LogP) is 2.51. The maximum absolute atomic E-state index is 11.1. The number of nitrogens with two attached hydrogens (primary N) is 1. The summed E-state index contributed by atoms with van der Waals surface area (Å²) in [6.07, 6.45) is 0.0637. The van der Waals surface area contributed by atoms with Crippen LogP contribution in [0.15, 0.2) is 18.2 Å². The van der Waals surface area contributed by atoms with Gasteiger partial charge in [-0.1, -0.05) is 17.7 Å². The maximum atomic E-state index is 11.1. The number of nitrogens with zero attached hydrogens (tertiary/aromatic N) is 1. The molecule has 0 saturated heterocycles. The number of aliphatic carboxylic acids is 1. The molecule has 0 saturated carbocycles. The molecule has 0 unspecified atom stereocenters. The SMILES string of the molecule is CC(C)(C)N(CCC(=O)O)Cc1ccc(C(N)=O)cc1Cl. The van der Waals surface area contributed by atoms with Gasteiger partial charge in [0, 0.05) is 29.2 Å². The van der Waals surface area contributed by atoms with Gasteiger partial charge in [-0.25, -0.2) is 0 Å². The minimum atomic E-state index is -0.834. The van der Waals surface area contributed by atoms with Crippen LogP contribution in [0.3, 0.4) is 0 Å². The lowest BCUT2D eigenvalue weighted by atomic mass is 10.0. The van der Waals surface area contributed by atoms with Gasteiger partial charge >= 0.3 is 5.97 Å². The molecule has 5 nitrogen and oxygen atoms in total. The van der Waals surface area contributed by atoms with Crippen molar-refractivity contribution in [1.29, 1.82) is 0 Å². The molecule has 0 atom stereocenters. The van der Waals surface area contributed by atoms with Crippen LogP contribution in [-0.4, -0.2) is 34.0 Å². The summed E-state index contributed by atoms with van der Waals surface area (Å²) in [5.41, 5.74) is 6.21. The summed E-state index contributed by atoms with van der Waals surface area (Å²) < 4.78 is 0. The first-order chi connectivity index (χ1) is 9.61. The molecule has 1 aromatic rings. The van der Waals surface area contributed by atoms with Crippen molar-refractivity contribution in [3.63, 3.8) is 0 Å². The van der Waals surface area contributed by atoms with Crippen LogP contribution in [0.5, 0.6) is 0 Å². The maximum Gasteiger partial charge on any atom is 0.304 e. The summed E-state index contributed by atoms with van der Waals surface area (Å²) in [5, 5.41) is 9.30. The second-order valence-corrected chi connectivity index (χ2v) is 6.31. The van der Waals surface area contributed by atoms with Gasteiger partial charge in [0.1, 0.15) is 0 Å². The molecule has 0 spiro atoms. The smallest absolute Gasteiger partial charge is 0.304 e. The molecule has 0 radical (unpaired) electrons. The molecule has 0 bridgehead atoms. The van der Waals surface area contributed by atoms with Crippen molar-refractivity contribution in [2.45, 2.75) is 39.3 Å². The molecule has 3 N–H and O–H groups in total. The largest absolute Gasteiger partial charge is 0.481 e. The van der Waals surface area contributed by atoms with E-state index in [9.17, 15) is 9.59 Å². The van der Waals surface area contributed by atoms with Gasteiger partial charge in [0.2, 0.25) is 5.91 Å². The van der Waals surface area contributed by atoms with Crippen LogP contribution in [0.1, 0.15) is 43.1 Å². The summed E-state index contributed by atoms with van der Waals surface area (Å²) >= 11 is 6.18. The zero-order valence-corrected chi connectivity index (χ0v) is 13.3. The zero-order chi connectivity index (χ0) is 16.2. The van der Waals surface area contributed by atoms with Crippen LogP contribution in [0.2, 0.25) is 5.02 Å². The van der Waals surface area contributed by atoms with Crippen LogP contribution >= 0.6 is 11.6 Å². The molecule has 1 aromatic carbocycles. The number of carboxylic acids is 1. The number of primary amides is 1. The molecular formula is C15H21ClN2O3. The molecule has 0 aliphatic carbocycles. The van der Waals surface area contributed by atoms with Crippen LogP contribution in [0.25, 0.3) is 0 Å². The summed E-state index contributed by atoms with van der Waals surface area (Å²) in [6.45, 7) is 6.98. The number of rotatable bonds is 6. The molecule has 21 heavy (non-hydrogen) atoms. The number of halogens is 1. The minimum Gasteiger partial charge on any atom is -0.481 e. The first kappa shape index (κ1) is 17.5. The van der Waals surface area contributed by atoms with Gasteiger partial charge in [-0.3, -0.25) is 14.5 Å². The van der Waals surface area contributed by atoms with Crippen molar-refractivity contribution in [3.05, 3.63) is 34.3 Å². The van der Waals surface area contributed by atoms with Crippen molar-refractivity contribution in [2.75, 3.05) is 6.54 Å². The van der Waals surface area contributed by atoms with Crippen LogP contribution in [0.4, 0.5) is 0 Å². The average Bonchev–Trinajstić information content (AvgIpc) is 2.33. The Morgan fingerprint density at radius 3 is 2.38 bits per heavy atom. The zero-order valence-electron chi connectivity index (χ0n) is 12.5. The lowest BCUT2D eigenvalue weighted by Crippen LogP contribution is -2.42. The highest BCUT2D eigenvalue weighted by molar-refractivity contribution is 6.31. The van der Waals surface area contributed by atoms with Crippen molar-refractivity contribution >= 4 is 23.5 Å². The molecule has 1 rings (SSSR count). The Labute approximate surface area is 129 Å². The van der Waals surface area contributed by atoms with Crippen molar-refractivity contribution < 1.29 is 14.7 Å². The van der Waals surface area contributed by atoms with Crippen molar-refractivity contribution in [2.24, 2.45) is 5.73 Å². The Morgan fingerprint density at radius 1 is 1.33 bits per heavy atom. The topological polar surface area (TPSA) is 83.6 Å². The average molecular weight is 313 g/mol. The molecular weight excluding hydrogens is 292 g/mol. The van der Waals surface area contributed by atoms with Crippen molar-refractivity contribution in [3.8, 4) is 0 Å². The van der Waals surface area contributed by atoms with Crippen LogP contribution in [0, 0.1) is 0 Å². The number of carbonyl (C=O) groups is 2. The van der Waals surface area contributed by atoms with E-state index >= 15 is 0 Å². The van der Waals surface area contributed by atoms with E-state index in [4.69, 9.17) is 22.4 Å². The van der Waals surface area contributed by atoms with Crippen LogP contribution < -0.4 is 5.73 Å². The Bertz CT molecular complexity index is 538. The summed E-state index contributed by atoms with van der Waals surface area (Å²) in [4.78, 5) is 23.9. The second-order valence-electron chi connectivity index (χ2n) is 5.91. The van der Waals surface area contributed by atoms with E-state index in [1.165, 1.54) is 6.07 Å². The lowest BCUT2D eigenvalue weighted by molar-refractivity contribution is -0.137. The van der Waals surface area contributed by atoms with E-state index in [1.807, 2.05) is 25.7 Å². The third kappa shape index (κ3) is 5.36. The standard InChI is InChI=1S/C15H21ClN2O3/c1-15(2,3)18(7-6-13(19)20)9-11-5-4-10(14(17)21)8-12(11)16/h4-5,8H,6-7,9H2,1-3H3,(H2,17,21)(H,19,20). The highest BCUT2D eigenvalue weighted by atomic mass is 35.5. The summed E-state index contributed by atoms with van der Waals surface area (Å²) in [7, 11) is 0. The molecule has 0 aliphatic heterocycles. The molecule has 0 aromatic heterocycles. The number of amides is 1. The van der Waals surface area contributed by atoms with Crippen LogP contribution in [-0.2, 0) is 11.3 Å². The van der Waals surface area contributed by atoms with Gasteiger partial charge in [-0.15, -0.1) is 0 Å². The molecule has 0 fully saturated rings. The minimum absolute atomic E-state index is 0.0637. The van der Waals surface area contributed by atoms with Gasteiger partial charge in [-0.2, -0.15) is 0 Å². The van der Waals surface area contributed by atoms with Gasteiger partial charge in [0.15, 0.2) is 0 Å². The summed E-state index contributed by atoms with van der Waals surface area (Å²) in [6, 6.07) is 4.92. The fourth-order valence-corrected chi connectivity index (χ4v) is 2.16. The number of hydrogen-bond donors (Lipinski definition) is 2. The molecule has 0 heterocycles. The van der Waals surface area contributed by atoms with E-state index in [0.29, 0.717) is 23.7 Å². The third-order valence-electron chi connectivity index (χ3n) is 3.24. The number of carboxylic acid groups (broad SMARTS) is 1. The van der Waals surface area contributed by atoms with E-state index < -0.39 is 11.9 Å². The predicted molar refractivity (Wildman–Crippen MR) is 82.4 cm³/mol. The van der Waals surface area contributed by atoms with Crippen molar-refractivity contribution in [1.82, 2.24) is 4.90 Å². The highest BCUT2D eigenvalue weighted by Gasteiger charge is 2.23. The molecule has 116 valence electrons. The second kappa shape index (κ2) is 6.91. The number of hydrogen-bond acceptors (Lipinski definition) is 3.